The maximum absolute atomic E-state index is 12.4. The Morgan fingerprint density at radius 3 is 1.76 bits per heavy atom. The van der Waals surface area contributed by atoms with Crippen molar-refractivity contribution in [2.45, 2.75) is 14.7 Å². The van der Waals surface area contributed by atoms with Gasteiger partial charge in [-0.3, -0.25) is 24.1 Å². The fourth-order valence-corrected chi connectivity index (χ4v) is 7.16. The number of hydrazine groups is 2. The van der Waals surface area contributed by atoms with E-state index in [1.807, 2.05) is 18.2 Å². The maximum atomic E-state index is 12.4. The topological polar surface area (TPSA) is 214 Å². The molecule has 17 heteroatoms. The highest BCUT2D eigenvalue weighted by Crippen LogP contribution is 2.38. The third-order valence-electron chi connectivity index (χ3n) is 7.74. The van der Waals surface area contributed by atoms with E-state index in [1.165, 1.54) is 54.6 Å². The van der Waals surface area contributed by atoms with Gasteiger partial charge in [-0.05, 0) is 78.9 Å². The monoisotopic (exact) mass is 735 g/mol. The average molecular weight is 736 g/mol. The lowest BCUT2D eigenvalue weighted by molar-refractivity contribution is 0.481. The van der Waals surface area contributed by atoms with Crippen LogP contribution in [0.15, 0.2) is 130 Å². The van der Waals surface area contributed by atoms with Crippen LogP contribution in [0.1, 0.15) is 0 Å². The lowest BCUT2D eigenvalue weighted by Gasteiger charge is -2.25. The van der Waals surface area contributed by atoms with E-state index in [-0.39, 0.29) is 20.1 Å². The van der Waals surface area contributed by atoms with E-state index in [1.54, 1.807) is 54.5 Å². The fourth-order valence-electron chi connectivity index (χ4n) is 5.44. The summed E-state index contributed by atoms with van der Waals surface area (Å²) in [5, 5.41) is 6.35. The Kier molecular flexibility index (Phi) is 9.04. The molecule has 0 fully saturated rings. The average Bonchev–Trinajstić information content (AvgIpc) is 3.06. The summed E-state index contributed by atoms with van der Waals surface area (Å²) in [5.74, 6) is 0. The largest absolute Gasteiger partial charge is 0.355 e. The second-order valence-electron chi connectivity index (χ2n) is 11.0. The summed E-state index contributed by atoms with van der Waals surface area (Å²) >= 11 is 0. The minimum Gasteiger partial charge on any atom is -0.355 e. The number of nitrogens with one attached hydrogen (secondary N) is 4. The Morgan fingerprint density at radius 1 is 0.520 bits per heavy atom. The Balaban J connectivity index is 1.38. The molecule has 0 unspecified atom stereocenters. The first-order valence-electron chi connectivity index (χ1n) is 14.6. The lowest BCUT2D eigenvalue weighted by atomic mass is 10.1. The number of para-hydroxylation sites is 1. The maximum Gasteiger partial charge on any atom is 0.295 e. The molecule has 6 rings (SSSR count). The van der Waals surface area contributed by atoms with Crippen molar-refractivity contribution in [3.8, 4) is 0 Å². The summed E-state index contributed by atoms with van der Waals surface area (Å²) in [4.78, 5) is -0.949. The number of rotatable bonds is 11. The molecule has 50 heavy (non-hydrogen) atoms. The van der Waals surface area contributed by atoms with Gasteiger partial charge in [0.2, 0.25) is 0 Å². The normalized spacial score (nSPS) is 12.1. The molecule has 6 aromatic carbocycles. The predicted octanol–water partition coefficient (Wildman–Crippen LogP) is 6.38. The number of benzene rings is 6. The molecule has 0 aliphatic rings. The van der Waals surface area contributed by atoms with Crippen LogP contribution in [0, 0.1) is 0 Å². The van der Waals surface area contributed by atoms with Gasteiger partial charge in [-0.1, -0.05) is 36.4 Å². The van der Waals surface area contributed by atoms with Crippen molar-refractivity contribution in [1.29, 1.82) is 0 Å². The summed E-state index contributed by atoms with van der Waals surface area (Å²) in [6.45, 7) is 0. The number of hydrogen-bond acceptors (Lipinski definition) is 11. The second-order valence-corrected chi connectivity index (χ2v) is 15.3. The van der Waals surface area contributed by atoms with Gasteiger partial charge in [0.15, 0.2) is 0 Å². The number of fused-ring (bicyclic) bond motifs is 2. The van der Waals surface area contributed by atoms with E-state index in [4.69, 9.17) is 0 Å². The molecular formula is C33H29N5O9S3. The van der Waals surface area contributed by atoms with Crippen LogP contribution in [-0.4, -0.2) is 46.0 Å². The molecule has 0 spiro atoms. The van der Waals surface area contributed by atoms with E-state index in [9.17, 15) is 38.9 Å². The Hall–Kier alpha value is -5.43. The van der Waals surface area contributed by atoms with Gasteiger partial charge >= 0.3 is 0 Å². The zero-order valence-corrected chi connectivity index (χ0v) is 28.4. The number of hydrogen-bond donors (Lipinski definition) is 7. The third kappa shape index (κ3) is 7.27. The highest BCUT2D eigenvalue weighted by molar-refractivity contribution is 7.86. The second kappa shape index (κ2) is 13.1. The highest BCUT2D eigenvalue weighted by atomic mass is 32.2. The predicted molar refractivity (Wildman–Crippen MR) is 193 cm³/mol. The van der Waals surface area contributed by atoms with Crippen LogP contribution in [0.3, 0.4) is 0 Å². The molecule has 14 nitrogen and oxygen atoms in total. The highest BCUT2D eigenvalue weighted by Gasteiger charge is 2.20. The van der Waals surface area contributed by atoms with E-state index in [0.29, 0.717) is 50.3 Å². The van der Waals surface area contributed by atoms with Gasteiger partial charge in [0, 0.05) is 40.0 Å². The van der Waals surface area contributed by atoms with Crippen molar-refractivity contribution in [2.24, 2.45) is 0 Å². The summed E-state index contributed by atoms with van der Waals surface area (Å²) in [6, 6.07) is 29.7. The molecule has 0 saturated carbocycles. The van der Waals surface area contributed by atoms with Gasteiger partial charge in [0.1, 0.15) is 4.90 Å². The van der Waals surface area contributed by atoms with Crippen molar-refractivity contribution in [3.63, 3.8) is 0 Å². The summed E-state index contributed by atoms with van der Waals surface area (Å²) in [6.07, 6.45) is 0. The van der Waals surface area contributed by atoms with Gasteiger partial charge in [0.25, 0.3) is 30.4 Å². The lowest BCUT2D eigenvalue weighted by Crippen LogP contribution is -2.25. The van der Waals surface area contributed by atoms with Crippen molar-refractivity contribution in [2.75, 3.05) is 33.7 Å². The first kappa shape index (κ1) is 34.4. The number of anilines is 6. The molecule has 0 atom stereocenters. The van der Waals surface area contributed by atoms with E-state index >= 15 is 0 Å². The van der Waals surface area contributed by atoms with Gasteiger partial charge < -0.3 is 16.2 Å². The van der Waals surface area contributed by atoms with Gasteiger partial charge in [0.05, 0.1) is 32.5 Å². The van der Waals surface area contributed by atoms with Crippen molar-refractivity contribution in [3.05, 3.63) is 115 Å². The SMILES string of the molecule is CN(Nc1ccc(S(=O)(=O)O)cc1)c1ccc(NNc2ccc(Nc3ccccc3)c3c(S(=O)(=O)O)cccc23)c2cc(S(=O)(=O)O)ccc12. The Bertz CT molecular complexity index is 2590. The molecular weight excluding hydrogens is 707 g/mol. The minimum absolute atomic E-state index is 0.219. The third-order valence-corrected chi connectivity index (χ3v) is 10.4. The van der Waals surface area contributed by atoms with Crippen molar-refractivity contribution >= 4 is 86.0 Å². The first-order valence-corrected chi connectivity index (χ1v) is 18.9. The summed E-state index contributed by atoms with van der Waals surface area (Å²) in [7, 11) is -11.9. The molecule has 0 radical (unpaired) electrons. The smallest absolute Gasteiger partial charge is 0.295 e. The molecule has 0 bridgehead atoms. The number of nitrogens with zero attached hydrogens (tertiary/aromatic N) is 1. The van der Waals surface area contributed by atoms with E-state index < -0.39 is 30.4 Å². The van der Waals surface area contributed by atoms with Gasteiger partial charge in [-0.2, -0.15) is 25.3 Å². The van der Waals surface area contributed by atoms with Gasteiger partial charge in [-0.15, -0.1) is 0 Å². The van der Waals surface area contributed by atoms with Crippen LogP contribution in [0.4, 0.5) is 34.1 Å². The van der Waals surface area contributed by atoms with Crippen LogP contribution in [-0.2, 0) is 30.4 Å². The van der Waals surface area contributed by atoms with Crippen LogP contribution in [0.2, 0.25) is 0 Å². The van der Waals surface area contributed by atoms with Crippen LogP contribution in [0.25, 0.3) is 21.5 Å². The molecule has 0 aliphatic heterocycles. The summed E-state index contributed by atoms with van der Waals surface area (Å²) < 4.78 is 101. The molecule has 0 amide bonds. The Labute approximate surface area is 287 Å². The molecule has 0 aliphatic carbocycles. The van der Waals surface area contributed by atoms with Crippen LogP contribution < -0.4 is 26.6 Å². The minimum atomic E-state index is -4.64. The van der Waals surface area contributed by atoms with Crippen LogP contribution >= 0.6 is 0 Å². The quantitative estimate of drug-likeness (QED) is 0.0568. The summed E-state index contributed by atoms with van der Waals surface area (Å²) in [5.41, 5.74) is 12.2. The van der Waals surface area contributed by atoms with Crippen LogP contribution in [0.5, 0.6) is 0 Å². The zero-order valence-electron chi connectivity index (χ0n) is 25.9. The molecule has 7 N–H and O–H groups in total. The molecule has 0 saturated heterocycles. The standard InChI is InChI=1S/C33H29N5O9S3/c1-38(37-22-10-12-23(13-11-22)48(39,40)41)31-19-18-29(27-20-24(49(42,43)44)14-15-25(27)31)36-35-28-16-17-30(34-21-6-3-2-4-7-21)33-26(28)8-5-9-32(33)50(45,46)47/h2-20,34-37H,1H3,(H,39,40,41)(H,42,43,44)(H,45,46,47). The van der Waals surface area contributed by atoms with E-state index in [0.717, 1.165) is 0 Å². The van der Waals surface area contributed by atoms with Crippen molar-refractivity contribution in [1.82, 2.24) is 0 Å². The van der Waals surface area contributed by atoms with E-state index in [2.05, 4.69) is 21.6 Å². The fraction of sp³-hybridized carbons (Fsp3) is 0.0303. The van der Waals surface area contributed by atoms with Gasteiger partial charge in [-0.25, -0.2) is 0 Å². The molecule has 258 valence electrons. The zero-order chi connectivity index (χ0) is 35.8. The van der Waals surface area contributed by atoms with Crippen molar-refractivity contribution < 1.29 is 38.9 Å². The molecule has 0 aromatic heterocycles. The molecule has 0 heterocycles. The Morgan fingerprint density at radius 2 is 1.12 bits per heavy atom. The molecule has 6 aromatic rings. The first-order chi connectivity index (χ1) is 23.6.